The van der Waals surface area contributed by atoms with Crippen molar-refractivity contribution in [3.05, 3.63) is 0 Å². The summed E-state index contributed by atoms with van der Waals surface area (Å²) in [6.45, 7) is 8.04. The van der Waals surface area contributed by atoms with E-state index in [4.69, 9.17) is 23.7 Å². The molecule has 28 heavy (non-hydrogen) atoms. The van der Waals surface area contributed by atoms with Gasteiger partial charge < -0.3 is 23.7 Å². The highest BCUT2D eigenvalue weighted by Crippen LogP contribution is 2.75. The lowest BCUT2D eigenvalue weighted by Gasteiger charge is -2.60. The van der Waals surface area contributed by atoms with E-state index in [2.05, 4.69) is 13.8 Å². The summed E-state index contributed by atoms with van der Waals surface area (Å²) < 4.78 is 31.5. The Hall–Kier alpha value is -0.200. The second kappa shape index (κ2) is 5.16. The molecule has 5 nitrogen and oxygen atoms in total. The first kappa shape index (κ1) is 17.5. The minimum Gasteiger partial charge on any atom is -0.365 e. The molecular weight excluding hydrogens is 356 g/mol. The zero-order chi connectivity index (χ0) is 18.8. The molecule has 7 fully saturated rings. The molecule has 5 heteroatoms. The Morgan fingerprint density at radius 3 is 2.18 bits per heavy atom. The van der Waals surface area contributed by atoms with Crippen LogP contribution in [0, 0.1) is 28.6 Å². The van der Waals surface area contributed by atoms with Crippen molar-refractivity contribution in [1.29, 1.82) is 0 Å². The molecule has 7 rings (SSSR count). The molecule has 0 unspecified atom stereocenters. The zero-order valence-corrected chi connectivity index (χ0v) is 17.3. The molecular formula is C23H34O5. The Morgan fingerprint density at radius 1 is 0.714 bits per heavy atom. The van der Waals surface area contributed by atoms with Gasteiger partial charge in [0, 0.05) is 30.1 Å². The number of fused-ring (bicyclic) bond motifs is 5. The van der Waals surface area contributed by atoms with Gasteiger partial charge in [0.25, 0.3) is 0 Å². The van der Waals surface area contributed by atoms with Gasteiger partial charge in [-0.3, -0.25) is 0 Å². The lowest BCUT2D eigenvalue weighted by Crippen LogP contribution is -2.62. The Kier molecular flexibility index (Phi) is 3.22. The Labute approximate surface area is 167 Å². The maximum absolute atomic E-state index is 6.63. The van der Waals surface area contributed by atoms with E-state index in [0.29, 0.717) is 12.0 Å². The van der Waals surface area contributed by atoms with Gasteiger partial charge in [0.1, 0.15) is 5.60 Å². The maximum Gasteiger partial charge on any atom is 0.174 e. The normalized spacial score (nSPS) is 57.6. The van der Waals surface area contributed by atoms with E-state index in [-0.39, 0.29) is 28.0 Å². The summed E-state index contributed by atoms with van der Waals surface area (Å²) in [5.74, 6) is 1.55. The molecule has 0 bridgehead atoms. The van der Waals surface area contributed by atoms with E-state index in [0.717, 1.165) is 57.5 Å². The first-order valence-electron chi connectivity index (χ1n) is 11.7. The molecule has 0 radical (unpaired) electrons. The summed E-state index contributed by atoms with van der Waals surface area (Å²) in [5.41, 5.74) is 0.431. The third-order valence-electron chi connectivity index (χ3n) is 10.7. The van der Waals surface area contributed by atoms with Gasteiger partial charge >= 0.3 is 0 Å². The van der Waals surface area contributed by atoms with Gasteiger partial charge in [0.15, 0.2) is 11.6 Å². The molecule has 4 aliphatic carbocycles. The first-order valence-corrected chi connectivity index (χ1v) is 11.7. The molecule has 3 spiro atoms. The highest BCUT2D eigenvalue weighted by molar-refractivity contribution is 5.26. The average molecular weight is 391 g/mol. The van der Waals surface area contributed by atoms with Crippen molar-refractivity contribution in [2.24, 2.45) is 28.6 Å². The summed E-state index contributed by atoms with van der Waals surface area (Å²) in [6.07, 6.45) is 9.61. The van der Waals surface area contributed by atoms with Crippen LogP contribution in [0.15, 0.2) is 0 Å². The van der Waals surface area contributed by atoms with Crippen LogP contribution < -0.4 is 0 Å². The van der Waals surface area contributed by atoms with Crippen molar-refractivity contribution >= 4 is 0 Å². The van der Waals surface area contributed by atoms with E-state index in [1.165, 1.54) is 32.1 Å². The van der Waals surface area contributed by atoms with Crippen LogP contribution in [0.2, 0.25) is 0 Å². The maximum atomic E-state index is 6.63. The van der Waals surface area contributed by atoms with E-state index in [1.807, 2.05) is 0 Å². The Balaban J connectivity index is 1.22. The zero-order valence-electron chi connectivity index (χ0n) is 17.3. The molecule has 0 aromatic heterocycles. The van der Waals surface area contributed by atoms with Crippen molar-refractivity contribution in [1.82, 2.24) is 0 Å². The minimum absolute atomic E-state index is 0.00114. The number of hydrogen-bond acceptors (Lipinski definition) is 5. The first-order chi connectivity index (χ1) is 13.5. The summed E-state index contributed by atoms with van der Waals surface area (Å²) in [7, 11) is 0. The Bertz CT molecular complexity index is 697. The van der Waals surface area contributed by atoms with Gasteiger partial charge in [0.05, 0.1) is 32.5 Å². The van der Waals surface area contributed by atoms with E-state index < -0.39 is 0 Å². The summed E-state index contributed by atoms with van der Waals surface area (Å²) in [5, 5.41) is 0. The van der Waals surface area contributed by atoms with Crippen LogP contribution in [0.4, 0.5) is 0 Å². The molecule has 7 atom stereocenters. The van der Waals surface area contributed by atoms with E-state index in [9.17, 15) is 0 Å². The SMILES string of the molecule is C[C@]12CC[C@H]3[C@@H](C[C@H]4O[C@]45CC4(CC[C@]35C)OCCO4)[C@@H]1CCC21OCCO1. The highest BCUT2D eigenvalue weighted by Gasteiger charge is 2.79. The third kappa shape index (κ3) is 1.80. The molecule has 7 aliphatic rings. The fourth-order valence-electron chi connectivity index (χ4n) is 9.25. The lowest BCUT2D eigenvalue weighted by molar-refractivity contribution is -0.254. The Morgan fingerprint density at radius 2 is 1.39 bits per heavy atom. The summed E-state index contributed by atoms with van der Waals surface area (Å²) in [4.78, 5) is 0. The van der Waals surface area contributed by atoms with Crippen LogP contribution in [-0.4, -0.2) is 49.7 Å². The molecule has 0 aromatic rings. The fraction of sp³-hybridized carbons (Fsp3) is 1.00. The topological polar surface area (TPSA) is 49.5 Å². The molecule has 0 amide bonds. The van der Waals surface area contributed by atoms with Crippen molar-refractivity contribution in [2.45, 2.75) is 88.5 Å². The van der Waals surface area contributed by atoms with Gasteiger partial charge in [-0.2, -0.15) is 0 Å². The number of hydrogen-bond donors (Lipinski definition) is 0. The standard InChI is InChI=1S/C23H34O5/c1-19-7-8-21(24-9-10-25-21)14-22(19)18(28-22)13-15-16(19)3-5-20(2)17(15)4-6-23(20)26-11-12-27-23/h15-18H,3-14H2,1-2H3/t15-,16+,17+,18-,19-,20+,22-/m1/s1. The van der Waals surface area contributed by atoms with Crippen molar-refractivity contribution in [3.8, 4) is 0 Å². The quantitative estimate of drug-likeness (QED) is 0.591. The summed E-state index contributed by atoms with van der Waals surface area (Å²) >= 11 is 0. The molecule has 3 saturated heterocycles. The smallest absolute Gasteiger partial charge is 0.174 e. The predicted molar refractivity (Wildman–Crippen MR) is 100 cm³/mol. The van der Waals surface area contributed by atoms with Gasteiger partial charge in [-0.15, -0.1) is 0 Å². The van der Waals surface area contributed by atoms with Crippen LogP contribution in [-0.2, 0) is 23.7 Å². The van der Waals surface area contributed by atoms with E-state index >= 15 is 0 Å². The minimum atomic E-state index is -0.354. The second-order valence-electron chi connectivity index (χ2n) is 11.3. The second-order valence-corrected chi connectivity index (χ2v) is 11.3. The molecule has 4 saturated carbocycles. The molecule has 3 heterocycles. The van der Waals surface area contributed by atoms with Crippen molar-refractivity contribution in [3.63, 3.8) is 0 Å². The van der Waals surface area contributed by atoms with Gasteiger partial charge in [-0.05, 0) is 49.9 Å². The largest absolute Gasteiger partial charge is 0.365 e. The van der Waals surface area contributed by atoms with Crippen LogP contribution in [0.25, 0.3) is 0 Å². The van der Waals surface area contributed by atoms with Crippen LogP contribution >= 0.6 is 0 Å². The van der Waals surface area contributed by atoms with Crippen molar-refractivity contribution in [2.75, 3.05) is 26.4 Å². The van der Waals surface area contributed by atoms with Gasteiger partial charge in [-0.25, -0.2) is 0 Å². The average Bonchev–Trinajstić information content (AvgIpc) is 3.06. The van der Waals surface area contributed by atoms with E-state index in [1.54, 1.807) is 0 Å². The molecule has 0 aromatic carbocycles. The molecule has 0 N–H and O–H groups in total. The van der Waals surface area contributed by atoms with Gasteiger partial charge in [-0.1, -0.05) is 13.8 Å². The predicted octanol–water partition coefficient (Wildman–Crippen LogP) is 3.65. The van der Waals surface area contributed by atoms with Gasteiger partial charge in [0.2, 0.25) is 0 Å². The number of rotatable bonds is 0. The highest BCUT2D eigenvalue weighted by atomic mass is 16.7. The molecule has 3 aliphatic heterocycles. The number of epoxide rings is 1. The molecule has 156 valence electrons. The van der Waals surface area contributed by atoms with Crippen molar-refractivity contribution < 1.29 is 23.7 Å². The van der Waals surface area contributed by atoms with Crippen LogP contribution in [0.3, 0.4) is 0 Å². The third-order valence-corrected chi connectivity index (χ3v) is 10.7. The fourth-order valence-corrected chi connectivity index (χ4v) is 9.25. The van der Waals surface area contributed by atoms with Crippen LogP contribution in [0.1, 0.15) is 65.2 Å². The lowest BCUT2D eigenvalue weighted by atomic mass is 9.44. The monoisotopic (exact) mass is 390 g/mol. The van der Waals surface area contributed by atoms with Crippen LogP contribution in [0.5, 0.6) is 0 Å². The summed E-state index contributed by atoms with van der Waals surface area (Å²) in [6, 6.07) is 0. The number of ether oxygens (including phenoxy) is 5.